The fourth-order valence-corrected chi connectivity index (χ4v) is 5.09. The highest BCUT2D eigenvalue weighted by atomic mass is 35.5. The molecular weight excluding hydrogens is 387 g/mol. The molecule has 1 N–H and O–H groups in total. The van der Waals surface area contributed by atoms with Crippen LogP contribution in [0, 0.1) is 5.82 Å². The summed E-state index contributed by atoms with van der Waals surface area (Å²) >= 11 is 0. The van der Waals surface area contributed by atoms with Gasteiger partial charge in [-0.1, -0.05) is 30.3 Å². The molecule has 1 aromatic heterocycles. The molecule has 1 heterocycles. The number of aromatic nitrogens is 1. The molecule has 1 aliphatic rings. The van der Waals surface area contributed by atoms with Crippen LogP contribution in [-0.2, 0) is 29.4 Å². The summed E-state index contributed by atoms with van der Waals surface area (Å²) in [5, 5.41) is 3.10. The molecule has 0 saturated carbocycles. The summed E-state index contributed by atoms with van der Waals surface area (Å²) in [5.74, 6) is -0.567. The van der Waals surface area contributed by atoms with Crippen molar-refractivity contribution in [2.45, 2.75) is 24.3 Å². The minimum Gasteiger partial charge on any atom is -0.316 e. The number of aryl methyl sites for hydroxylation is 1. The quantitative estimate of drug-likeness (QED) is 0.717. The van der Waals surface area contributed by atoms with Crippen molar-refractivity contribution in [1.82, 2.24) is 9.29 Å². The van der Waals surface area contributed by atoms with Gasteiger partial charge in [0, 0.05) is 18.3 Å². The zero-order valence-corrected chi connectivity index (χ0v) is 16.4. The SMILES string of the molecule is CNCc1cn(S(=O)(=O)c2cccc(F)c2)c2c1CCc1ccccc1-2.Cl. The number of halogens is 2. The molecule has 4 nitrogen and oxygen atoms in total. The van der Waals surface area contributed by atoms with E-state index in [2.05, 4.69) is 5.32 Å². The average molecular weight is 407 g/mol. The molecule has 0 unspecified atom stereocenters. The third-order valence-corrected chi connectivity index (χ3v) is 6.46. The lowest BCUT2D eigenvalue weighted by molar-refractivity contribution is 0.583. The van der Waals surface area contributed by atoms with Gasteiger partial charge < -0.3 is 5.32 Å². The van der Waals surface area contributed by atoms with E-state index in [9.17, 15) is 12.8 Å². The van der Waals surface area contributed by atoms with Crippen LogP contribution < -0.4 is 5.32 Å². The topological polar surface area (TPSA) is 51.1 Å². The van der Waals surface area contributed by atoms with E-state index in [1.165, 1.54) is 22.2 Å². The van der Waals surface area contributed by atoms with Crippen LogP contribution in [0.1, 0.15) is 16.7 Å². The maximum absolute atomic E-state index is 13.6. The van der Waals surface area contributed by atoms with Crippen LogP contribution in [0.3, 0.4) is 0 Å². The van der Waals surface area contributed by atoms with Gasteiger partial charge in [0.05, 0.1) is 10.6 Å². The highest BCUT2D eigenvalue weighted by Gasteiger charge is 2.29. The molecule has 7 heteroatoms. The number of nitrogens with zero attached hydrogens (tertiary/aromatic N) is 1. The normalized spacial score (nSPS) is 12.8. The third-order valence-electron chi connectivity index (χ3n) is 4.80. The smallest absolute Gasteiger partial charge is 0.268 e. The molecule has 0 radical (unpaired) electrons. The zero-order valence-electron chi connectivity index (χ0n) is 14.8. The summed E-state index contributed by atoms with van der Waals surface area (Å²) in [7, 11) is -2.06. The molecule has 0 bridgehead atoms. The van der Waals surface area contributed by atoms with E-state index in [1.54, 1.807) is 6.20 Å². The van der Waals surface area contributed by atoms with Gasteiger partial charge >= 0.3 is 0 Å². The lowest BCUT2D eigenvalue weighted by Crippen LogP contribution is -2.16. The van der Waals surface area contributed by atoms with Crippen molar-refractivity contribution in [2.75, 3.05) is 7.05 Å². The summed E-state index contributed by atoms with van der Waals surface area (Å²) in [6.45, 7) is 0.580. The van der Waals surface area contributed by atoms with Crippen molar-refractivity contribution in [2.24, 2.45) is 0 Å². The van der Waals surface area contributed by atoms with Crippen LogP contribution in [0.25, 0.3) is 11.3 Å². The Morgan fingerprint density at radius 3 is 2.63 bits per heavy atom. The van der Waals surface area contributed by atoms with Crippen molar-refractivity contribution < 1.29 is 12.8 Å². The van der Waals surface area contributed by atoms with Crippen LogP contribution in [-0.4, -0.2) is 19.4 Å². The predicted octanol–water partition coefficient (Wildman–Crippen LogP) is 3.77. The molecule has 0 aliphatic heterocycles. The lowest BCUT2D eigenvalue weighted by Gasteiger charge is -2.20. The number of rotatable bonds is 4. The molecule has 3 aromatic rings. The van der Waals surface area contributed by atoms with E-state index >= 15 is 0 Å². The van der Waals surface area contributed by atoms with Crippen LogP contribution in [0.5, 0.6) is 0 Å². The minimum atomic E-state index is -3.89. The van der Waals surface area contributed by atoms with Gasteiger partial charge in [-0.05, 0) is 54.8 Å². The van der Waals surface area contributed by atoms with Crippen LogP contribution in [0.2, 0.25) is 0 Å². The van der Waals surface area contributed by atoms with Crippen molar-refractivity contribution in [3.8, 4) is 11.3 Å². The van der Waals surface area contributed by atoms with Gasteiger partial charge in [-0.2, -0.15) is 0 Å². The summed E-state index contributed by atoms with van der Waals surface area (Å²) in [6, 6.07) is 13.0. The molecule has 0 atom stereocenters. The Morgan fingerprint density at radius 2 is 1.89 bits per heavy atom. The van der Waals surface area contributed by atoms with Crippen molar-refractivity contribution in [1.29, 1.82) is 0 Å². The van der Waals surface area contributed by atoms with Gasteiger partial charge in [-0.25, -0.2) is 16.8 Å². The highest BCUT2D eigenvalue weighted by molar-refractivity contribution is 7.90. The summed E-state index contributed by atoms with van der Waals surface area (Å²) in [6.07, 6.45) is 3.34. The third kappa shape index (κ3) is 3.29. The summed E-state index contributed by atoms with van der Waals surface area (Å²) in [4.78, 5) is -0.0469. The first-order chi connectivity index (χ1) is 12.5. The Balaban J connectivity index is 0.00000210. The van der Waals surface area contributed by atoms with Crippen molar-refractivity contribution >= 4 is 22.4 Å². The lowest BCUT2D eigenvalue weighted by atomic mass is 9.89. The maximum Gasteiger partial charge on any atom is 0.268 e. The first kappa shape index (κ1) is 19.6. The minimum absolute atomic E-state index is 0. The molecular formula is C20H20ClFN2O2S. The van der Waals surface area contributed by atoms with Crippen LogP contribution >= 0.6 is 12.4 Å². The van der Waals surface area contributed by atoms with E-state index < -0.39 is 15.8 Å². The molecule has 0 spiro atoms. The molecule has 0 amide bonds. The molecule has 0 fully saturated rings. The number of hydrogen-bond donors (Lipinski definition) is 1. The van der Waals surface area contributed by atoms with E-state index in [0.29, 0.717) is 12.2 Å². The summed E-state index contributed by atoms with van der Waals surface area (Å²) < 4.78 is 41.5. The van der Waals surface area contributed by atoms with Crippen molar-refractivity contribution in [3.63, 3.8) is 0 Å². The largest absolute Gasteiger partial charge is 0.316 e. The van der Waals surface area contributed by atoms with Gasteiger partial charge in [-0.15, -0.1) is 12.4 Å². The number of nitrogens with one attached hydrogen (secondary N) is 1. The van der Waals surface area contributed by atoms with E-state index in [4.69, 9.17) is 0 Å². The van der Waals surface area contributed by atoms with Crippen molar-refractivity contribution in [3.05, 3.63) is 77.2 Å². The van der Waals surface area contributed by atoms with Gasteiger partial charge in [0.15, 0.2) is 0 Å². The van der Waals surface area contributed by atoms with E-state index in [-0.39, 0.29) is 17.3 Å². The Hall–Kier alpha value is -2.15. The number of hydrogen-bond acceptors (Lipinski definition) is 3. The standard InChI is InChI=1S/C20H19FN2O2S.ClH/c1-22-12-15-13-23(26(24,25)17-7-4-6-16(21)11-17)20-18-8-3-2-5-14(18)9-10-19(15)20;/h2-8,11,13,22H,9-10,12H2,1H3;1H. The van der Waals surface area contributed by atoms with Crippen LogP contribution in [0.15, 0.2) is 59.6 Å². The Bertz CT molecular complexity index is 1090. The zero-order chi connectivity index (χ0) is 18.3. The number of benzene rings is 2. The average Bonchev–Trinajstić information content (AvgIpc) is 3.02. The second-order valence-electron chi connectivity index (χ2n) is 6.43. The van der Waals surface area contributed by atoms with Crippen LogP contribution in [0.4, 0.5) is 4.39 Å². The Labute approximate surface area is 164 Å². The molecule has 27 heavy (non-hydrogen) atoms. The van der Waals surface area contributed by atoms with E-state index in [1.807, 2.05) is 31.3 Å². The Morgan fingerprint density at radius 1 is 1.11 bits per heavy atom. The second-order valence-corrected chi connectivity index (χ2v) is 8.24. The predicted molar refractivity (Wildman–Crippen MR) is 106 cm³/mol. The molecule has 2 aromatic carbocycles. The number of fused-ring (bicyclic) bond motifs is 3. The highest BCUT2D eigenvalue weighted by Crippen LogP contribution is 2.38. The van der Waals surface area contributed by atoms with Gasteiger partial charge in [-0.3, -0.25) is 0 Å². The molecule has 0 saturated heterocycles. The maximum atomic E-state index is 13.6. The van der Waals surface area contributed by atoms with Gasteiger partial charge in [0.1, 0.15) is 5.82 Å². The molecule has 1 aliphatic carbocycles. The molecule has 4 rings (SSSR count). The second kappa shape index (κ2) is 7.46. The summed E-state index contributed by atoms with van der Waals surface area (Å²) in [5.41, 5.74) is 4.75. The fourth-order valence-electron chi connectivity index (χ4n) is 3.63. The van der Waals surface area contributed by atoms with E-state index in [0.717, 1.165) is 41.2 Å². The molecule has 142 valence electrons. The Kier molecular flexibility index (Phi) is 5.42. The monoisotopic (exact) mass is 406 g/mol. The van der Waals surface area contributed by atoms with Gasteiger partial charge in [0.25, 0.3) is 10.0 Å². The first-order valence-electron chi connectivity index (χ1n) is 8.49. The first-order valence-corrected chi connectivity index (χ1v) is 9.93. The fraction of sp³-hybridized carbons (Fsp3) is 0.200. The van der Waals surface area contributed by atoms with Gasteiger partial charge in [0.2, 0.25) is 0 Å².